The van der Waals surface area contributed by atoms with Gasteiger partial charge in [-0.1, -0.05) is 18.2 Å². The Bertz CT molecular complexity index is 700. The van der Waals surface area contributed by atoms with E-state index in [-0.39, 0.29) is 18.6 Å². The molecule has 1 aromatic carbocycles. The first-order valence-electron chi connectivity index (χ1n) is 7.78. The van der Waals surface area contributed by atoms with E-state index in [2.05, 4.69) is 10.1 Å². The fraction of sp³-hybridized carbons (Fsp3) is 0.353. The van der Waals surface area contributed by atoms with Gasteiger partial charge in [0, 0.05) is 6.08 Å². The fourth-order valence-electron chi connectivity index (χ4n) is 1.97. The van der Waals surface area contributed by atoms with Crippen LogP contribution in [0.3, 0.4) is 0 Å². The molecule has 0 aromatic heterocycles. The van der Waals surface area contributed by atoms with Crippen LogP contribution in [0.2, 0.25) is 0 Å². The molecule has 3 N–H and O–H groups in total. The molecule has 0 radical (unpaired) electrons. The molecule has 1 aromatic rings. The third-order valence-corrected chi connectivity index (χ3v) is 3.33. The normalized spacial score (nSPS) is 13.8. The zero-order chi connectivity index (χ0) is 20.6. The van der Waals surface area contributed by atoms with E-state index in [1.54, 1.807) is 6.92 Å². The van der Waals surface area contributed by atoms with Crippen LogP contribution in [0.1, 0.15) is 30.6 Å². The van der Waals surface area contributed by atoms with E-state index in [1.807, 2.05) is 0 Å². The van der Waals surface area contributed by atoms with E-state index in [0.717, 1.165) is 18.2 Å². The van der Waals surface area contributed by atoms with Gasteiger partial charge in [-0.2, -0.15) is 13.2 Å². The number of carboxylic acid groups (broad SMARTS) is 1. The molecule has 0 saturated carbocycles. The number of esters is 1. The molecule has 0 aliphatic rings. The van der Waals surface area contributed by atoms with Gasteiger partial charge in [0.25, 0.3) is 5.91 Å². The number of rotatable bonds is 8. The van der Waals surface area contributed by atoms with E-state index >= 15 is 0 Å². The second-order valence-corrected chi connectivity index (χ2v) is 5.31. The quantitative estimate of drug-likeness (QED) is 0.462. The summed E-state index contributed by atoms with van der Waals surface area (Å²) >= 11 is 0. The van der Waals surface area contributed by atoms with Crippen molar-refractivity contribution in [1.82, 2.24) is 5.32 Å². The molecule has 0 heterocycles. The van der Waals surface area contributed by atoms with Crippen LogP contribution in [0.4, 0.5) is 13.2 Å². The van der Waals surface area contributed by atoms with Crippen molar-refractivity contribution in [3.63, 3.8) is 0 Å². The minimum Gasteiger partial charge on any atom is -0.480 e. The highest BCUT2D eigenvalue weighted by Gasteiger charge is 2.31. The van der Waals surface area contributed by atoms with Crippen LogP contribution in [0.15, 0.2) is 36.4 Å². The maximum atomic E-state index is 12.5. The summed E-state index contributed by atoms with van der Waals surface area (Å²) in [7, 11) is 0. The Balaban J connectivity index is 2.75. The number of benzene rings is 1. The second-order valence-electron chi connectivity index (χ2n) is 5.31. The van der Waals surface area contributed by atoms with Gasteiger partial charge in [-0.05, 0) is 31.0 Å². The topological polar surface area (TPSA) is 113 Å². The monoisotopic (exact) mass is 389 g/mol. The molecule has 0 aliphatic carbocycles. The number of hydrogen-bond donors (Lipinski definition) is 3. The molecule has 148 valence electrons. The van der Waals surface area contributed by atoms with Gasteiger partial charge >= 0.3 is 18.1 Å². The highest BCUT2D eigenvalue weighted by molar-refractivity contribution is 5.87. The molecule has 1 amide bonds. The zero-order valence-corrected chi connectivity index (χ0v) is 14.2. The van der Waals surface area contributed by atoms with Crippen molar-refractivity contribution in [2.24, 2.45) is 0 Å². The molecular weight excluding hydrogens is 371 g/mol. The molecule has 10 heteroatoms. The largest absolute Gasteiger partial charge is 0.480 e. The van der Waals surface area contributed by atoms with Crippen LogP contribution >= 0.6 is 0 Å². The summed E-state index contributed by atoms with van der Waals surface area (Å²) in [6.07, 6.45) is -4.51. The molecule has 0 saturated heterocycles. The van der Waals surface area contributed by atoms with Crippen molar-refractivity contribution < 1.29 is 42.5 Å². The van der Waals surface area contributed by atoms with Crippen LogP contribution in [0, 0.1) is 0 Å². The smallest absolute Gasteiger partial charge is 0.416 e. The number of aliphatic hydroxyl groups excluding tert-OH is 1. The number of carbonyl (C=O) groups is 3. The van der Waals surface area contributed by atoms with E-state index in [0.29, 0.717) is 12.1 Å². The number of amides is 1. The van der Waals surface area contributed by atoms with Gasteiger partial charge in [0.05, 0.1) is 12.2 Å². The molecule has 7 nitrogen and oxygen atoms in total. The predicted molar refractivity (Wildman–Crippen MR) is 86.4 cm³/mol. The summed E-state index contributed by atoms with van der Waals surface area (Å²) in [6.45, 7) is 1.73. The Kier molecular flexibility index (Phi) is 7.98. The Morgan fingerprint density at radius 1 is 1.22 bits per heavy atom. The number of carboxylic acids is 1. The van der Waals surface area contributed by atoms with Gasteiger partial charge in [-0.15, -0.1) is 0 Å². The van der Waals surface area contributed by atoms with Crippen LogP contribution in [-0.2, 0) is 25.3 Å². The van der Waals surface area contributed by atoms with E-state index in [1.165, 1.54) is 6.08 Å². The number of aliphatic hydroxyl groups is 1. The molecule has 0 unspecified atom stereocenters. The third-order valence-electron chi connectivity index (χ3n) is 3.33. The first-order valence-corrected chi connectivity index (χ1v) is 7.78. The highest BCUT2D eigenvalue weighted by atomic mass is 19.4. The number of aliphatic carboxylic acids is 1. The summed E-state index contributed by atoms with van der Waals surface area (Å²) in [6, 6.07) is 1.78. The second kappa shape index (κ2) is 9.72. The van der Waals surface area contributed by atoms with Crippen LogP contribution in [-0.4, -0.2) is 40.7 Å². The molecular formula is C17H18F3NO6. The minimum atomic E-state index is -4.56. The highest BCUT2D eigenvalue weighted by Crippen LogP contribution is 2.29. The first-order chi connectivity index (χ1) is 12.6. The van der Waals surface area contributed by atoms with Crippen molar-refractivity contribution in [1.29, 1.82) is 0 Å². The van der Waals surface area contributed by atoms with Gasteiger partial charge in [-0.25, -0.2) is 9.59 Å². The van der Waals surface area contributed by atoms with Gasteiger partial charge in [0.15, 0.2) is 6.10 Å². The predicted octanol–water partition coefficient (Wildman–Crippen LogP) is 1.82. The van der Waals surface area contributed by atoms with Crippen LogP contribution < -0.4 is 5.32 Å². The zero-order valence-electron chi connectivity index (χ0n) is 14.2. The lowest BCUT2D eigenvalue weighted by Gasteiger charge is -2.17. The Morgan fingerprint density at radius 3 is 2.30 bits per heavy atom. The van der Waals surface area contributed by atoms with Crippen molar-refractivity contribution >= 4 is 17.8 Å². The van der Waals surface area contributed by atoms with Crippen molar-refractivity contribution in [3.8, 4) is 0 Å². The molecule has 27 heavy (non-hydrogen) atoms. The molecule has 0 bridgehead atoms. The van der Waals surface area contributed by atoms with Gasteiger partial charge in [0.2, 0.25) is 0 Å². The Hall–Kier alpha value is -2.88. The standard InChI is InChI=1S/C17H18F3NO6/c1-2-27-13(22)5-3-4-12(16(25)26)21-15(24)14(23)10-6-8-11(9-7-10)17(18,19)20/h3,5-9,12,14,23H,2,4H2,1H3,(H,21,24)(H,25,26)/b5-3+/t12-,14-/m1/s1. The van der Waals surface area contributed by atoms with Gasteiger partial charge < -0.3 is 20.3 Å². The van der Waals surface area contributed by atoms with E-state index in [9.17, 15) is 32.7 Å². The van der Waals surface area contributed by atoms with Crippen molar-refractivity contribution in [2.75, 3.05) is 6.61 Å². The summed E-state index contributed by atoms with van der Waals surface area (Å²) < 4.78 is 42.2. The number of carbonyl (C=O) groups excluding carboxylic acids is 2. The Morgan fingerprint density at radius 2 is 1.81 bits per heavy atom. The summed E-state index contributed by atoms with van der Waals surface area (Å²) in [5, 5.41) is 21.1. The SMILES string of the molecule is CCOC(=O)/C=C/C[C@@H](NC(=O)[C@H](O)c1ccc(C(F)(F)F)cc1)C(=O)O. The van der Waals surface area contributed by atoms with Crippen molar-refractivity contribution in [3.05, 3.63) is 47.5 Å². The fourth-order valence-corrected chi connectivity index (χ4v) is 1.97. The van der Waals surface area contributed by atoms with Gasteiger partial charge in [-0.3, -0.25) is 4.79 Å². The third kappa shape index (κ3) is 7.10. The molecule has 0 spiro atoms. The molecule has 2 atom stereocenters. The molecule has 0 fully saturated rings. The maximum absolute atomic E-state index is 12.5. The number of alkyl halides is 3. The molecule has 0 aliphatic heterocycles. The van der Waals surface area contributed by atoms with E-state index < -0.39 is 41.7 Å². The summed E-state index contributed by atoms with van der Waals surface area (Å²) in [5.41, 5.74) is -1.09. The number of halogens is 3. The van der Waals surface area contributed by atoms with Crippen LogP contribution in [0.5, 0.6) is 0 Å². The number of hydrogen-bond acceptors (Lipinski definition) is 5. The lowest BCUT2D eigenvalue weighted by molar-refractivity contribution is -0.143. The molecule has 1 rings (SSSR count). The number of nitrogens with one attached hydrogen (secondary N) is 1. The van der Waals surface area contributed by atoms with E-state index in [4.69, 9.17) is 5.11 Å². The minimum absolute atomic E-state index is 0.133. The lowest BCUT2D eigenvalue weighted by atomic mass is 10.1. The average molecular weight is 389 g/mol. The maximum Gasteiger partial charge on any atom is 0.416 e. The lowest BCUT2D eigenvalue weighted by Crippen LogP contribution is -2.42. The number of ether oxygens (including phenoxy) is 1. The summed E-state index contributed by atoms with van der Waals surface area (Å²) in [5.74, 6) is -3.21. The van der Waals surface area contributed by atoms with Crippen molar-refractivity contribution in [2.45, 2.75) is 31.7 Å². The average Bonchev–Trinajstić information content (AvgIpc) is 2.59. The Labute approximate surface area is 152 Å². The summed E-state index contributed by atoms with van der Waals surface area (Å²) in [4.78, 5) is 34.3. The first kappa shape index (κ1) is 22.2. The van der Waals surface area contributed by atoms with Crippen LogP contribution in [0.25, 0.3) is 0 Å². The van der Waals surface area contributed by atoms with Gasteiger partial charge in [0.1, 0.15) is 6.04 Å².